The lowest BCUT2D eigenvalue weighted by atomic mass is 10.2. The first-order valence-corrected chi connectivity index (χ1v) is 5.12. The van der Waals surface area contributed by atoms with Crippen LogP contribution in [0.15, 0.2) is 0 Å². The quantitative estimate of drug-likeness (QED) is 0.645. The summed E-state index contributed by atoms with van der Waals surface area (Å²) in [6, 6.07) is -0.551. The van der Waals surface area contributed by atoms with Crippen LogP contribution in [0.25, 0.3) is 0 Å². The minimum absolute atomic E-state index is 0.0374. The normalized spacial score (nSPS) is 14.7. The van der Waals surface area contributed by atoms with Gasteiger partial charge >= 0.3 is 0 Å². The van der Waals surface area contributed by atoms with E-state index in [9.17, 15) is 4.79 Å². The maximum Gasteiger partial charge on any atom is 0.242 e. The van der Waals surface area contributed by atoms with E-state index in [1.165, 1.54) is 7.11 Å². The summed E-state index contributed by atoms with van der Waals surface area (Å²) in [5.41, 5.74) is 5.68. The molecule has 0 aromatic rings. The highest BCUT2D eigenvalue weighted by atomic mass is 16.5. The molecule has 2 atom stereocenters. The topological polar surface area (TPSA) is 64.8 Å². The molecule has 0 bridgehead atoms. The standard InChI is InChI=1S/C10H22N2O3/c1-5-12(8(2)6-14-3)10(13)9(11)7-15-4/h8-9H,5-7,11H2,1-4H3. The molecule has 90 valence electrons. The van der Waals surface area contributed by atoms with Crippen LogP contribution in [0.3, 0.4) is 0 Å². The molecule has 0 saturated carbocycles. The van der Waals surface area contributed by atoms with Crippen molar-refractivity contribution in [3.63, 3.8) is 0 Å². The van der Waals surface area contributed by atoms with Crippen molar-refractivity contribution in [3.8, 4) is 0 Å². The lowest BCUT2D eigenvalue weighted by molar-refractivity contribution is -0.136. The van der Waals surface area contributed by atoms with E-state index in [0.717, 1.165) is 0 Å². The van der Waals surface area contributed by atoms with E-state index in [1.807, 2.05) is 13.8 Å². The van der Waals surface area contributed by atoms with Gasteiger partial charge in [0.15, 0.2) is 0 Å². The van der Waals surface area contributed by atoms with Crippen LogP contribution in [-0.4, -0.2) is 56.9 Å². The Labute approximate surface area is 91.5 Å². The van der Waals surface area contributed by atoms with Crippen molar-refractivity contribution in [2.75, 3.05) is 34.0 Å². The van der Waals surface area contributed by atoms with Gasteiger partial charge in [-0.15, -0.1) is 0 Å². The number of hydrogen-bond donors (Lipinski definition) is 1. The van der Waals surface area contributed by atoms with Gasteiger partial charge in [0.25, 0.3) is 0 Å². The number of nitrogens with two attached hydrogens (primary N) is 1. The monoisotopic (exact) mass is 218 g/mol. The zero-order chi connectivity index (χ0) is 11.8. The zero-order valence-corrected chi connectivity index (χ0v) is 10.0. The molecule has 0 aromatic carbocycles. The molecule has 2 unspecified atom stereocenters. The molecule has 0 saturated heterocycles. The van der Waals surface area contributed by atoms with Gasteiger partial charge in [-0.3, -0.25) is 4.79 Å². The number of rotatable bonds is 7. The predicted molar refractivity (Wildman–Crippen MR) is 58.6 cm³/mol. The minimum Gasteiger partial charge on any atom is -0.383 e. The molecule has 0 spiro atoms. The molecule has 0 radical (unpaired) electrons. The van der Waals surface area contributed by atoms with E-state index in [-0.39, 0.29) is 18.6 Å². The molecule has 0 rings (SSSR count). The highest BCUT2D eigenvalue weighted by Crippen LogP contribution is 2.02. The average Bonchev–Trinajstić information content (AvgIpc) is 2.19. The average molecular weight is 218 g/mol. The van der Waals surface area contributed by atoms with Crippen molar-refractivity contribution >= 4 is 5.91 Å². The van der Waals surface area contributed by atoms with Crippen molar-refractivity contribution < 1.29 is 14.3 Å². The first-order chi connectivity index (χ1) is 7.08. The Morgan fingerprint density at radius 2 is 1.87 bits per heavy atom. The first kappa shape index (κ1) is 14.3. The molecule has 0 aliphatic rings. The Morgan fingerprint density at radius 3 is 2.27 bits per heavy atom. The fraction of sp³-hybridized carbons (Fsp3) is 0.900. The lowest BCUT2D eigenvalue weighted by Crippen LogP contribution is -2.50. The van der Waals surface area contributed by atoms with Crippen LogP contribution >= 0.6 is 0 Å². The molecular weight excluding hydrogens is 196 g/mol. The van der Waals surface area contributed by atoms with Crippen molar-refractivity contribution in [1.82, 2.24) is 4.90 Å². The highest BCUT2D eigenvalue weighted by molar-refractivity contribution is 5.82. The summed E-state index contributed by atoms with van der Waals surface area (Å²) < 4.78 is 9.87. The van der Waals surface area contributed by atoms with E-state index in [4.69, 9.17) is 15.2 Å². The fourth-order valence-electron chi connectivity index (χ4n) is 1.48. The van der Waals surface area contributed by atoms with E-state index in [1.54, 1.807) is 12.0 Å². The smallest absolute Gasteiger partial charge is 0.242 e. The number of ether oxygens (including phenoxy) is 2. The Morgan fingerprint density at radius 1 is 1.33 bits per heavy atom. The molecule has 15 heavy (non-hydrogen) atoms. The number of hydrogen-bond acceptors (Lipinski definition) is 4. The molecule has 0 aromatic heterocycles. The Kier molecular flexibility index (Phi) is 7.29. The van der Waals surface area contributed by atoms with Crippen molar-refractivity contribution in [1.29, 1.82) is 0 Å². The Hall–Kier alpha value is -0.650. The van der Waals surface area contributed by atoms with Crippen molar-refractivity contribution in [2.45, 2.75) is 25.9 Å². The molecular formula is C10H22N2O3. The molecule has 5 heteroatoms. The molecule has 0 fully saturated rings. The number of amides is 1. The van der Waals surface area contributed by atoms with Gasteiger partial charge < -0.3 is 20.1 Å². The number of likely N-dealkylation sites (N-methyl/N-ethyl adjacent to an activating group) is 1. The van der Waals surface area contributed by atoms with Gasteiger partial charge in [-0.1, -0.05) is 0 Å². The number of nitrogens with zero attached hydrogens (tertiary/aromatic N) is 1. The maximum atomic E-state index is 11.8. The molecule has 0 aliphatic heterocycles. The summed E-state index contributed by atoms with van der Waals surface area (Å²) in [5.74, 6) is -0.0936. The molecule has 0 heterocycles. The predicted octanol–water partition coefficient (Wildman–Crippen LogP) is -0.156. The molecule has 5 nitrogen and oxygen atoms in total. The Bertz CT molecular complexity index is 188. The van der Waals surface area contributed by atoms with E-state index in [0.29, 0.717) is 13.2 Å². The third-order valence-corrected chi connectivity index (χ3v) is 2.23. The summed E-state index contributed by atoms with van der Waals surface area (Å²) in [5, 5.41) is 0. The molecule has 1 amide bonds. The fourth-order valence-corrected chi connectivity index (χ4v) is 1.48. The summed E-state index contributed by atoms with van der Waals surface area (Å²) in [4.78, 5) is 13.5. The SMILES string of the molecule is CCN(C(=O)C(N)COC)C(C)COC. The van der Waals surface area contributed by atoms with Crippen LogP contribution in [0.2, 0.25) is 0 Å². The number of carbonyl (C=O) groups is 1. The number of carbonyl (C=O) groups excluding carboxylic acids is 1. The second kappa shape index (κ2) is 7.62. The van der Waals surface area contributed by atoms with Gasteiger partial charge in [-0.25, -0.2) is 0 Å². The second-order valence-electron chi connectivity index (χ2n) is 3.49. The van der Waals surface area contributed by atoms with E-state index in [2.05, 4.69) is 0 Å². The second-order valence-corrected chi connectivity index (χ2v) is 3.49. The lowest BCUT2D eigenvalue weighted by Gasteiger charge is -2.29. The van der Waals surface area contributed by atoms with Crippen LogP contribution in [0.4, 0.5) is 0 Å². The third kappa shape index (κ3) is 4.59. The third-order valence-electron chi connectivity index (χ3n) is 2.23. The first-order valence-electron chi connectivity index (χ1n) is 5.12. The zero-order valence-electron chi connectivity index (χ0n) is 10.0. The van der Waals surface area contributed by atoms with Gasteiger partial charge in [0.1, 0.15) is 6.04 Å². The van der Waals surface area contributed by atoms with Gasteiger partial charge in [-0.2, -0.15) is 0 Å². The van der Waals surface area contributed by atoms with Crippen LogP contribution in [0.1, 0.15) is 13.8 Å². The van der Waals surface area contributed by atoms with Crippen LogP contribution < -0.4 is 5.73 Å². The molecule has 0 aliphatic carbocycles. The maximum absolute atomic E-state index is 11.8. The summed E-state index contributed by atoms with van der Waals surface area (Å²) in [6.07, 6.45) is 0. The van der Waals surface area contributed by atoms with Gasteiger partial charge in [0.05, 0.1) is 19.3 Å². The van der Waals surface area contributed by atoms with E-state index >= 15 is 0 Å². The van der Waals surface area contributed by atoms with E-state index < -0.39 is 6.04 Å². The highest BCUT2D eigenvalue weighted by Gasteiger charge is 2.23. The van der Waals surface area contributed by atoms with Crippen LogP contribution in [-0.2, 0) is 14.3 Å². The summed E-state index contributed by atoms with van der Waals surface area (Å²) in [7, 11) is 3.14. The van der Waals surface area contributed by atoms with Gasteiger partial charge in [-0.05, 0) is 13.8 Å². The molecule has 2 N–H and O–H groups in total. The summed E-state index contributed by atoms with van der Waals surface area (Å²) in [6.45, 7) is 5.24. The van der Waals surface area contributed by atoms with Crippen LogP contribution in [0, 0.1) is 0 Å². The number of methoxy groups -OCH3 is 2. The van der Waals surface area contributed by atoms with Crippen molar-refractivity contribution in [2.24, 2.45) is 5.73 Å². The Balaban J connectivity index is 4.32. The largest absolute Gasteiger partial charge is 0.383 e. The van der Waals surface area contributed by atoms with Gasteiger partial charge in [0, 0.05) is 20.8 Å². The van der Waals surface area contributed by atoms with Crippen molar-refractivity contribution in [3.05, 3.63) is 0 Å². The van der Waals surface area contributed by atoms with Gasteiger partial charge in [0.2, 0.25) is 5.91 Å². The minimum atomic E-state index is -0.589. The van der Waals surface area contributed by atoms with Crippen LogP contribution in [0.5, 0.6) is 0 Å². The summed E-state index contributed by atoms with van der Waals surface area (Å²) >= 11 is 0.